The van der Waals surface area contributed by atoms with Crippen LogP contribution >= 0.6 is 0 Å². The predicted octanol–water partition coefficient (Wildman–Crippen LogP) is 2.18. The van der Waals surface area contributed by atoms with Gasteiger partial charge in [-0.3, -0.25) is 4.79 Å². The lowest BCUT2D eigenvalue weighted by Crippen LogP contribution is -2.42. The van der Waals surface area contributed by atoms with Crippen molar-refractivity contribution >= 4 is 18.2 Å². The molecule has 0 radical (unpaired) electrons. The van der Waals surface area contributed by atoms with Gasteiger partial charge in [-0.15, -0.1) is 0 Å². The van der Waals surface area contributed by atoms with Gasteiger partial charge in [0.1, 0.15) is 11.7 Å². The van der Waals surface area contributed by atoms with E-state index < -0.39 is 24.0 Å². The van der Waals surface area contributed by atoms with E-state index in [2.05, 4.69) is 4.99 Å². The second-order valence-corrected chi connectivity index (χ2v) is 4.45. The number of carbonyl (C=O) groups excluding carboxylic acids is 2. The first kappa shape index (κ1) is 14.2. The third-order valence-electron chi connectivity index (χ3n) is 3.18. The Morgan fingerprint density at radius 1 is 1.40 bits per heavy atom. The second kappa shape index (κ2) is 5.81. The SMILES string of the molecule is CCOC(=O)C1C=NC(=O)N(C)C1c1ccc(F)cc1. The number of hydrogen-bond acceptors (Lipinski definition) is 3. The number of halogens is 1. The summed E-state index contributed by atoms with van der Waals surface area (Å²) in [6.07, 6.45) is 1.30. The molecule has 0 saturated heterocycles. The molecule has 0 spiro atoms. The minimum atomic E-state index is -0.692. The van der Waals surface area contributed by atoms with Gasteiger partial charge in [-0.1, -0.05) is 12.1 Å². The van der Waals surface area contributed by atoms with Gasteiger partial charge in [0.2, 0.25) is 0 Å². The summed E-state index contributed by atoms with van der Waals surface area (Å²) in [7, 11) is 1.55. The molecule has 2 rings (SSSR count). The first-order chi connectivity index (χ1) is 9.54. The molecule has 1 aromatic carbocycles. The molecule has 0 aromatic heterocycles. The van der Waals surface area contributed by atoms with Crippen LogP contribution < -0.4 is 0 Å². The van der Waals surface area contributed by atoms with Crippen molar-refractivity contribution in [1.82, 2.24) is 4.90 Å². The molecular weight excluding hydrogens is 263 g/mol. The van der Waals surface area contributed by atoms with Crippen LogP contribution in [0.4, 0.5) is 9.18 Å². The van der Waals surface area contributed by atoms with E-state index in [1.54, 1.807) is 26.1 Å². The summed E-state index contributed by atoms with van der Waals surface area (Å²) in [5.74, 6) is -1.52. The Kier molecular flexibility index (Phi) is 4.12. The van der Waals surface area contributed by atoms with Gasteiger partial charge in [-0.2, -0.15) is 0 Å². The normalized spacial score (nSPS) is 21.9. The lowest BCUT2D eigenvalue weighted by molar-refractivity contribution is -0.147. The highest BCUT2D eigenvalue weighted by atomic mass is 19.1. The lowest BCUT2D eigenvalue weighted by Gasteiger charge is -2.33. The Balaban J connectivity index is 2.38. The monoisotopic (exact) mass is 278 g/mol. The second-order valence-electron chi connectivity index (χ2n) is 4.45. The Morgan fingerprint density at radius 3 is 2.65 bits per heavy atom. The summed E-state index contributed by atoms with van der Waals surface area (Å²) in [5.41, 5.74) is 0.659. The molecule has 0 fully saturated rings. The maximum Gasteiger partial charge on any atom is 0.343 e. The summed E-state index contributed by atoms with van der Waals surface area (Å²) in [6, 6.07) is 4.70. The minimum absolute atomic E-state index is 0.247. The number of ether oxygens (including phenoxy) is 1. The quantitative estimate of drug-likeness (QED) is 0.796. The van der Waals surface area contributed by atoms with Gasteiger partial charge >= 0.3 is 12.0 Å². The number of carbonyl (C=O) groups is 2. The Bertz CT molecular complexity index is 542. The predicted molar refractivity (Wildman–Crippen MR) is 70.9 cm³/mol. The molecule has 2 amide bonds. The number of urea groups is 1. The van der Waals surface area contributed by atoms with Crippen molar-refractivity contribution < 1.29 is 18.7 Å². The molecule has 0 aliphatic carbocycles. The molecule has 6 heteroatoms. The van der Waals surface area contributed by atoms with Crippen LogP contribution in [0.1, 0.15) is 18.5 Å². The molecule has 1 aliphatic heterocycles. The van der Waals surface area contributed by atoms with E-state index in [1.807, 2.05) is 0 Å². The number of benzene rings is 1. The number of amides is 2. The molecule has 1 heterocycles. The zero-order valence-corrected chi connectivity index (χ0v) is 11.2. The molecular formula is C14H15FN2O3. The highest BCUT2D eigenvalue weighted by Crippen LogP contribution is 2.31. The van der Waals surface area contributed by atoms with Crippen molar-refractivity contribution in [2.75, 3.05) is 13.7 Å². The number of hydrogen-bond donors (Lipinski definition) is 0. The smallest absolute Gasteiger partial charge is 0.343 e. The van der Waals surface area contributed by atoms with E-state index in [0.29, 0.717) is 5.56 Å². The molecule has 2 atom stereocenters. The van der Waals surface area contributed by atoms with E-state index in [-0.39, 0.29) is 12.4 Å². The molecule has 1 aliphatic rings. The first-order valence-electron chi connectivity index (χ1n) is 6.27. The van der Waals surface area contributed by atoms with E-state index in [0.717, 1.165) is 0 Å². The van der Waals surface area contributed by atoms with E-state index in [1.165, 1.54) is 23.2 Å². The third kappa shape index (κ3) is 2.68. The van der Waals surface area contributed by atoms with Crippen LogP contribution in [-0.2, 0) is 9.53 Å². The Hall–Kier alpha value is -2.24. The van der Waals surface area contributed by atoms with E-state index in [9.17, 15) is 14.0 Å². The maximum atomic E-state index is 13.0. The van der Waals surface area contributed by atoms with Crippen LogP contribution in [0.15, 0.2) is 29.3 Å². The fraction of sp³-hybridized carbons (Fsp3) is 0.357. The lowest BCUT2D eigenvalue weighted by atomic mass is 9.91. The van der Waals surface area contributed by atoms with Crippen LogP contribution in [0, 0.1) is 11.7 Å². The average molecular weight is 278 g/mol. The number of aliphatic imine (C=N–C) groups is 1. The van der Waals surface area contributed by atoms with Crippen molar-refractivity contribution in [3.05, 3.63) is 35.6 Å². The largest absolute Gasteiger partial charge is 0.465 e. The summed E-state index contributed by atoms with van der Waals surface area (Å²) < 4.78 is 18.0. The topological polar surface area (TPSA) is 59.0 Å². The molecule has 0 bridgehead atoms. The highest BCUT2D eigenvalue weighted by Gasteiger charge is 2.37. The zero-order chi connectivity index (χ0) is 14.7. The van der Waals surface area contributed by atoms with Crippen molar-refractivity contribution in [2.24, 2.45) is 10.9 Å². The van der Waals surface area contributed by atoms with Crippen LogP contribution in [0.5, 0.6) is 0 Å². The van der Waals surface area contributed by atoms with Crippen LogP contribution in [-0.4, -0.2) is 36.8 Å². The van der Waals surface area contributed by atoms with Gasteiger partial charge in [-0.25, -0.2) is 14.2 Å². The van der Waals surface area contributed by atoms with Gasteiger partial charge in [0.25, 0.3) is 0 Å². The molecule has 0 saturated carbocycles. The summed E-state index contributed by atoms with van der Waals surface area (Å²) in [5, 5.41) is 0. The van der Waals surface area contributed by atoms with E-state index in [4.69, 9.17) is 4.74 Å². The average Bonchev–Trinajstić information content (AvgIpc) is 2.43. The number of rotatable bonds is 3. The van der Waals surface area contributed by atoms with Gasteiger partial charge in [0.05, 0.1) is 12.6 Å². The standard InChI is InChI=1S/C14H15FN2O3/c1-3-20-13(18)11-8-16-14(19)17(2)12(11)9-4-6-10(15)7-5-9/h4-8,11-12H,3H2,1-2H3. The molecule has 2 unspecified atom stereocenters. The fourth-order valence-electron chi connectivity index (χ4n) is 2.20. The summed E-state index contributed by atoms with van der Waals surface area (Å²) in [4.78, 5) is 28.7. The summed E-state index contributed by atoms with van der Waals surface area (Å²) >= 11 is 0. The van der Waals surface area contributed by atoms with Crippen LogP contribution in [0.2, 0.25) is 0 Å². The zero-order valence-electron chi connectivity index (χ0n) is 11.2. The first-order valence-corrected chi connectivity index (χ1v) is 6.27. The Morgan fingerprint density at radius 2 is 2.05 bits per heavy atom. The molecule has 1 aromatic rings. The van der Waals surface area contributed by atoms with Crippen molar-refractivity contribution in [1.29, 1.82) is 0 Å². The maximum absolute atomic E-state index is 13.0. The fourth-order valence-corrected chi connectivity index (χ4v) is 2.20. The van der Waals surface area contributed by atoms with Crippen LogP contribution in [0.25, 0.3) is 0 Å². The van der Waals surface area contributed by atoms with Crippen LogP contribution in [0.3, 0.4) is 0 Å². The van der Waals surface area contributed by atoms with Gasteiger partial charge in [0.15, 0.2) is 0 Å². The summed E-state index contributed by atoms with van der Waals surface area (Å²) in [6.45, 7) is 1.95. The van der Waals surface area contributed by atoms with Gasteiger partial charge in [-0.05, 0) is 24.6 Å². The molecule has 5 nitrogen and oxygen atoms in total. The van der Waals surface area contributed by atoms with Gasteiger partial charge < -0.3 is 9.64 Å². The molecule has 106 valence electrons. The minimum Gasteiger partial charge on any atom is -0.465 e. The van der Waals surface area contributed by atoms with Crippen molar-refractivity contribution in [3.8, 4) is 0 Å². The number of nitrogens with zero attached hydrogens (tertiary/aromatic N) is 2. The Labute approximate surface area is 116 Å². The van der Waals surface area contributed by atoms with Crippen molar-refractivity contribution in [2.45, 2.75) is 13.0 Å². The number of esters is 1. The van der Waals surface area contributed by atoms with Crippen molar-refractivity contribution in [3.63, 3.8) is 0 Å². The molecule has 20 heavy (non-hydrogen) atoms. The molecule has 0 N–H and O–H groups in total. The van der Waals surface area contributed by atoms with E-state index >= 15 is 0 Å². The van der Waals surface area contributed by atoms with Gasteiger partial charge in [0, 0.05) is 13.3 Å². The third-order valence-corrected chi connectivity index (χ3v) is 3.18. The highest BCUT2D eigenvalue weighted by molar-refractivity contribution is 5.98.